The second kappa shape index (κ2) is 3.00. The standard InChI is InChI=1S/C10H19NO/c1-10(12,8-4-5-8)9-3-2-6-11-7-9/h8-9,11-12H,2-7H2,1H3. The first-order valence-corrected chi connectivity index (χ1v) is 5.14. The lowest BCUT2D eigenvalue weighted by Crippen LogP contribution is -2.45. The molecule has 1 heterocycles. The van der Waals surface area contributed by atoms with Crippen molar-refractivity contribution in [2.24, 2.45) is 11.8 Å². The molecule has 70 valence electrons. The van der Waals surface area contributed by atoms with Crippen LogP contribution in [-0.4, -0.2) is 23.8 Å². The van der Waals surface area contributed by atoms with Crippen LogP contribution in [0, 0.1) is 11.8 Å². The van der Waals surface area contributed by atoms with Gasteiger partial charge in [0.25, 0.3) is 0 Å². The van der Waals surface area contributed by atoms with Gasteiger partial charge in [0.2, 0.25) is 0 Å². The zero-order valence-electron chi connectivity index (χ0n) is 7.84. The lowest BCUT2D eigenvalue weighted by molar-refractivity contribution is -0.0303. The molecule has 1 aliphatic carbocycles. The molecule has 1 saturated carbocycles. The van der Waals surface area contributed by atoms with Crippen LogP contribution in [0.25, 0.3) is 0 Å². The predicted molar refractivity (Wildman–Crippen MR) is 48.9 cm³/mol. The van der Waals surface area contributed by atoms with Gasteiger partial charge in [-0.3, -0.25) is 0 Å². The second-order valence-corrected chi connectivity index (χ2v) is 4.54. The molecule has 2 unspecified atom stereocenters. The Kier molecular flexibility index (Phi) is 2.13. The number of rotatable bonds is 2. The van der Waals surface area contributed by atoms with Gasteiger partial charge in [-0.05, 0) is 45.1 Å². The van der Waals surface area contributed by atoms with Gasteiger partial charge in [-0.2, -0.15) is 0 Å². The highest BCUT2D eigenvalue weighted by molar-refractivity contribution is 4.97. The highest BCUT2D eigenvalue weighted by atomic mass is 16.3. The van der Waals surface area contributed by atoms with Gasteiger partial charge < -0.3 is 10.4 Å². The summed E-state index contributed by atoms with van der Waals surface area (Å²) < 4.78 is 0. The van der Waals surface area contributed by atoms with Gasteiger partial charge in [0, 0.05) is 12.5 Å². The minimum absolute atomic E-state index is 0.382. The van der Waals surface area contributed by atoms with Crippen molar-refractivity contribution in [1.29, 1.82) is 0 Å². The van der Waals surface area contributed by atoms with Gasteiger partial charge in [0.15, 0.2) is 0 Å². The van der Waals surface area contributed by atoms with E-state index in [1.807, 2.05) is 6.92 Å². The highest BCUT2D eigenvalue weighted by Crippen LogP contribution is 2.44. The van der Waals surface area contributed by atoms with Crippen LogP contribution < -0.4 is 5.32 Å². The van der Waals surface area contributed by atoms with Crippen LogP contribution in [0.2, 0.25) is 0 Å². The number of nitrogens with one attached hydrogen (secondary N) is 1. The molecule has 12 heavy (non-hydrogen) atoms. The molecule has 0 bridgehead atoms. The summed E-state index contributed by atoms with van der Waals surface area (Å²) in [5.41, 5.74) is -0.382. The summed E-state index contributed by atoms with van der Waals surface area (Å²) in [6.07, 6.45) is 4.91. The van der Waals surface area contributed by atoms with E-state index in [-0.39, 0.29) is 5.60 Å². The molecule has 1 aliphatic heterocycles. The third kappa shape index (κ3) is 1.50. The molecule has 1 saturated heterocycles. The molecular weight excluding hydrogens is 150 g/mol. The first kappa shape index (κ1) is 8.52. The Balaban J connectivity index is 1.95. The predicted octanol–water partition coefficient (Wildman–Crippen LogP) is 1.15. The molecule has 0 spiro atoms. The van der Waals surface area contributed by atoms with Crippen molar-refractivity contribution in [3.8, 4) is 0 Å². The normalized spacial score (nSPS) is 36.0. The molecule has 0 aromatic rings. The highest BCUT2D eigenvalue weighted by Gasteiger charge is 2.45. The molecule has 2 N–H and O–H groups in total. The van der Waals surface area contributed by atoms with Gasteiger partial charge in [-0.15, -0.1) is 0 Å². The van der Waals surface area contributed by atoms with Crippen LogP contribution in [0.4, 0.5) is 0 Å². The van der Waals surface area contributed by atoms with Crippen molar-refractivity contribution in [1.82, 2.24) is 5.32 Å². The molecule has 2 heteroatoms. The smallest absolute Gasteiger partial charge is 0.0687 e. The quantitative estimate of drug-likeness (QED) is 0.650. The number of aliphatic hydroxyl groups is 1. The Morgan fingerprint density at radius 2 is 2.00 bits per heavy atom. The first-order chi connectivity index (χ1) is 5.71. The van der Waals surface area contributed by atoms with Crippen LogP contribution in [-0.2, 0) is 0 Å². The average Bonchev–Trinajstić information content (AvgIpc) is 2.88. The fraction of sp³-hybridized carbons (Fsp3) is 1.00. The Bertz CT molecular complexity index is 157. The van der Waals surface area contributed by atoms with E-state index >= 15 is 0 Å². The molecule has 2 nitrogen and oxygen atoms in total. The van der Waals surface area contributed by atoms with E-state index in [0.717, 1.165) is 13.1 Å². The Hall–Kier alpha value is -0.0800. The molecule has 2 rings (SSSR count). The van der Waals surface area contributed by atoms with Crippen LogP contribution in [0.3, 0.4) is 0 Å². The summed E-state index contributed by atoms with van der Waals surface area (Å²) in [5, 5.41) is 13.6. The minimum atomic E-state index is -0.382. The van der Waals surface area contributed by atoms with Crippen molar-refractivity contribution in [3.05, 3.63) is 0 Å². The van der Waals surface area contributed by atoms with Crippen molar-refractivity contribution in [3.63, 3.8) is 0 Å². The van der Waals surface area contributed by atoms with Crippen molar-refractivity contribution >= 4 is 0 Å². The summed E-state index contributed by atoms with van der Waals surface area (Å²) in [6.45, 7) is 4.18. The van der Waals surface area contributed by atoms with E-state index in [4.69, 9.17) is 0 Å². The number of hydrogen-bond donors (Lipinski definition) is 2. The van der Waals surface area contributed by atoms with E-state index in [1.54, 1.807) is 0 Å². The average molecular weight is 169 g/mol. The zero-order chi connectivity index (χ0) is 8.60. The Morgan fingerprint density at radius 1 is 1.25 bits per heavy atom. The SMILES string of the molecule is CC(O)(C1CC1)C1CCCNC1. The van der Waals surface area contributed by atoms with Gasteiger partial charge in [0.1, 0.15) is 0 Å². The zero-order valence-corrected chi connectivity index (χ0v) is 7.84. The summed E-state index contributed by atoms with van der Waals surface area (Å²) in [4.78, 5) is 0. The van der Waals surface area contributed by atoms with Gasteiger partial charge >= 0.3 is 0 Å². The van der Waals surface area contributed by atoms with Crippen molar-refractivity contribution in [2.45, 2.75) is 38.2 Å². The van der Waals surface area contributed by atoms with Crippen LogP contribution in [0.5, 0.6) is 0 Å². The van der Waals surface area contributed by atoms with Gasteiger partial charge in [0.05, 0.1) is 5.60 Å². The summed E-state index contributed by atoms with van der Waals surface area (Å²) >= 11 is 0. The second-order valence-electron chi connectivity index (χ2n) is 4.54. The minimum Gasteiger partial charge on any atom is -0.390 e. The van der Waals surface area contributed by atoms with Gasteiger partial charge in [-0.25, -0.2) is 0 Å². The van der Waals surface area contributed by atoms with E-state index < -0.39 is 0 Å². The first-order valence-electron chi connectivity index (χ1n) is 5.14. The summed E-state index contributed by atoms with van der Waals surface area (Å²) in [6, 6.07) is 0. The maximum atomic E-state index is 10.2. The molecule has 0 aromatic carbocycles. The summed E-state index contributed by atoms with van der Waals surface area (Å²) in [5.74, 6) is 1.10. The fourth-order valence-electron chi connectivity index (χ4n) is 2.35. The fourth-order valence-corrected chi connectivity index (χ4v) is 2.35. The van der Waals surface area contributed by atoms with Crippen LogP contribution >= 0.6 is 0 Å². The largest absolute Gasteiger partial charge is 0.390 e. The lowest BCUT2D eigenvalue weighted by Gasteiger charge is -2.36. The number of piperidine rings is 1. The summed E-state index contributed by atoms with van der Waals surface area (Å²) in [7, 11) is 0. The molecule has 2 atom stereocenters. The molecular formula is C10H19NO. The topological polar surface area (TPSA) is 32.3 Å². The van der Waals surface area contributed by atoms with Crippen LogP contribution in [0.15, 0.2) is 0 Å². The van der Waals surface area contributed by atoms with E-state index in [0.29, 0.717) is 11.8 Å². The van der Waals surface area contributed by atoms with Crippen molar-refractivity contribution < 1.29 is 5.11 Å². The van der Waals surface area contributed by atoms with Crippen molar-refractivity contribution in [2.75, 3.05) is 13.1 Å². The molecule has 0 aromatic heterocycles. The lowest BCUT2D eigenvalue weighted by atomic mass is 9.80. The third-order valence-corrected chi connectivity index (χ3v) is 3.53. The maximum Gasteiger partial charge on any atom is 0.0687 e. The molecule has 0 radical (unpaired) electrons. The third-order valence-electron chi connectivity index (χ3n) is 3.53. The van der Waals surface area contributed by atoms with E-state index in [9.17, 15) is 5.11 Å². The van der Waals surface area contributed by atoms with Crippen LogP contribution in [0.1, 0.15) is 32.6 Å². The van der Waals surface area contributed by atoms with E-state index in [1.165, 1.54) is 25.7 Å². The molecule has 2 aliphatic rings. The monoisotopic (exact) mass is 169 g/mol. The molecule has 2 fully saturated rings. The van der Waals surface area contributed by atoms with Gasteiger partial charge in [-0.1, -0.05) is 0 Å². The Morgan fingerprint density at radius 3 is 2.50 bits per heavy atom. The maximum absolute atomic E-state index is 10.2. The Labute approximate surface area is 74.4 Å². The molecule has 0 amide bonds. The van der Waals surface area contributed by atoms with E-state index in [2.05, 4.69) is 5.32 Å². The number of hydrogen-bond acceptors (Lipinski definition) is 2.